The number of hydrogen-bond donors (Lipinski definition) is 3. The standard InChI is InChI=1S/C8H13NO5/c1-3-6(11)7(12)5(8(13)14-3)9-4(2)10/h3,5,7-8,12-13H,1-2H3,(H,9,10)/t3-,5-,7-,8+/m1/s1. The van der Waals surface area contributed by atoms with Crippen LogP contribution >= 0.6 is 0 Å². The van der Waals surface area contributed by atoms with Gasteiger partial charge in [0.05, 0.1) is 0 Å². The normalized spacial score (nSPS) is 38.1. The fourth-order valence-electron chi connectivity index (χ4n) is 1.32. The number of carbonyl (C=O) groups excluding carboxylic acids is 2. The third kappa shape index (κ3) is 2.09. The number of amides is 1. The summed E-state index contributed by atoms with van der Waals surface area (Å²) in [5.41, 5.74) is 0. The molecule has 1 aliphatic heterocycles. The molecule has 6 heteroatoms. The maximum absolute atomic E-state index is 11.2. The molecule has 14 heavy (non-hydrogen) atoms. The Morgan fingerprint density at radius 2 is 2.07 bits per heavy atom. The molecular formula is C8H13NO5. The van der Waals surface area contributed by atoms with Gasteiger partial charge in [-0.1, -0.05) is 0 Å². The summed E-state index contributed by atoms with van der Waals surface area (Å²) in [6.45, 7) is 2.65. The maximum atomic E-state index is 11.2. The van der Waals surface area contributed by atoms with Crippen molar-refractivity contribution in [3.8, 4) is 0 Å². The van der Waals surface area contributed by atoms with E-state index in [4.69, 9.17) is 4.74 Å². The molecule has 4 atom stereocenters. The highest BCUT2D eigenvalue weighted by molar-refractivity contribution is 5.89. The van der Waals surface area contributed by atoms with E-state index in [-0.39, 0.29) is 0 Å². The van der Waals surface area contributed by atoms with Crippen molar-refractivity contribution in [3.05, 3.63) is 0 Å². The molecule has 1 rings (SSSR count). The molecular weight excluding hydrogens is 190 g/mol. The summed E-state index contributed by atoms with van der Waals surface area (Å²) in [5.74, 6) is -0.992. The largest absolute Gasteiger partial charge is 0.383 e. The van der Waals surface area contributed by atoms with E-state index in [1.807, 2.05) is 0 Å². The zero-order chi connectivity index (χ0) is 10.9. The number of nitrogens with one attached hydrogen (secondary N) is 1. The Hall–Kier alpha value is -0.980. The van der Waals surface area contributed by atoms with Gasteiger partial charge >= 0.3 is 0 Å². The summed E-state index contributed by atoms with van der Waals surface area (Å²) in [5, 5.41) is 21.0. The van der Waals surface area contributed by atoms with Crippen molar-refractivity contribution in [1.29, 1.82) is 0 Å². The van der Waals surface area contributed by atoms with Crippen molar-refractivity contribution >= 4 is 11.7 Å². The lowest BCUT2D eigenvalue weighted by atomic mass is 9.99. The van der Waals surface area contributed by atoms with Gasteiger partial charge in [0.1, 0.15) is 18.2 Å². The minimum atomic E-state index is -1.42. The molecule has 1 fully saturated rings. The maximum Gasteiger partial charge on any atom is 0.217 e. The molecule has 1 heterocycles. The van der Waals surface area contributed by atoms with Crippen molar-refractivity contribution in [2.45, 2.75) is 38.4 Å². The number of rotatable bonds is 1. The minimum Gasteiger partial charge on any atom is -0.383 e. The minimum absolute atomic E-state index is 0.445. The number of carbonyl (C=O) groups is 2. The lowest BCUT2D eigenvalue weighted by Gasteiger charge is -2.34. The zero-order valence-corrected chi connectivity index (χ0v) is 7.93. The SMILES string of the molecule is CC(=O)N[C@H]1[C@@H](O)O[C@H](C)C(=O)[C@@H]1O. The van der Waals surface area contributed by atoms with Gasteiger partial charge in [-0.15, -0.1) is 0 Å². The summed E-state index contributed by atoms with van der Waals surface area (Å²) in [7, 11) is 0. The van der Waals surface area contributed by atoms with Crippen LogP contribution in [0.5, 0.6) is 0 Å². The molecule has 0 aromatic heterocycles. The summed E-state index contributed by atoms with van der Waals surface area (Å²) in [4.78, 5) is 21.9. The monoisotopic (exact) mass is 203 g/mol. The number of ketones is 1. The Labute approximate surface area is 80.9 Å². The first-order chi connectivity index (χ1) is 6.43. The Morgan fingerprint density at radius 1 is 1.50 bits per heavy atom. The fraction of sp³-hybridized carbons (Fsp3) is 0.750. The second-order valence-corrected chi connectivity index (χ2v) is 3.24. The molecule has 0 saturated carbocycles. The summed E-state index contributed by atoms with van der Waals surface area (Å²) in [6.07, 6.45) is -3.63. The number of aliphatic hydroxyl groups excluding tert-OH is 2. The second-order valence-electron chi connectivity index (χ2n) is 3.24. The van der Waals surface area contributed by atoms with Crippen LogP contribution in [0.2, 0.25) is 0 Å². The van der Waals surface area contributed by atoms with E-state index < -0.39 is 36.2 Å². The Balaban J connectivity index is 2.73. The molecule has 6 nitrogen and oxygen atoms in total. The lowest BCUT2D eigenvalue weighted by molar-refractivity contribution is -0.202. The van der Waals surface area contributed by atoms with Gasteiger partial charge < -0.3 is 20.3 Å². The van der Waals surface area contributed by atoms with Crippen molar-refractivity contribution in [2.24, 2.45) is 0 Å². The van der Waals surface area contributed by atoms with Gasteiger partial charge in [-0.05, 0) is 6.92 Å². The van der Waals surface area contributed by atoms with Gasteiger partial charge in [-0.25, -0.2) is 0 Å². The van der Waals surface area contributed by atoms with Crippen LogP contribution in [0, 0.1) is 0 Å². The van der Waals surface area contributed by atoms with E-state index in [0.717, 1.165) is 0 Å². The number of Topliss-reactive ketones (excluding diaryl/α,β-unsaturated/α-hetero) is 1. The molecule has 1 amide bonds. The van der Waals surface area contributed by atoms with Gasteiger partial charge in [-0.3, -0.25) is 9.59 Å². The quantitative estimate of drug-likeness (QED) is 0.465. The topological polar surface area (TPSA) is 95.9 Å². The molecule has 0 aromatic rings. The molecule has 0 aromatic carbocycles. The van der Waals surface area contributed by atoms with Gasteiger partial charge in [0.25, 0.3) is 0 Å². The van der Waals surface area contributed by atoms with Crippen LogP contribution in [0.25, 0.3) is 0 Å². The molecule has 0 spiro atoms. The first-order valence-electron chi connectivity index (χ1n) is 4.26. The third-order valence-electron chi connectivity index (χ3n) is 2.05. The Kier molecular flexibility index (Phi) is 3.20. The molecule has 0 aliphatic carbocycles. The highest BCUT2D eigenvalue weighted by atomic mass is 16.6. The van der Waals surface area contributed by atoms with E-state index in [2.05, 4.69) is 5.32 Å². The average Bonchev–Trinajstić information content (AvgIpc) is 2.09. The summed E-state index contributed by atoms with van der Waals surface area (Å²) in [6, 6.07) is -1.09. The van der Waals surface area contributed by atoms with Gasteiger partial charge in [0.15, 0.2) is 12.1 Å². The number of hydrogen-bond acceptors (Lipinski definition) is 5. The molecule has 0 bridgehead atoms. The van der Waals surface area contributed by atoms with Crippen LogP contribution in [-0.4, -0.2) is 46.4 Å². The molecule has 0 unspecified atom stereocenters. The number of ether oxygens (including phenoxy) is 1. The first-order valence-corrected chi connectivity index (χ1v) is 4.26. The van der Waals surface area contributed by atoms with Crippen LogP contribution in [0.1, 0.15) is 13.8 Å². The summed E-state index contributed by atoms with van der Waals surface area (Å²) >= 11 is 0. The van der Waals surface area contributed by atoms with Crippen molar-refractivity contribution in [2.75, 3.05) is 0 Å². The fourth-order valence-corrected chi connectivity index (χ4v) is 1.32. The smallest absolute Gasteiger partial charge is 0.217 e. The Morgan fingerprint density at radius 3 is 2.57 bits per heavy atom. The van der Waals surface area contributed by atoms with Crippen LogP contribution in [0.4, 0.5) is 0 Å². The van der Waals surface area contributed by atoms with E-state index in [9.17, 15) is 19.8 Å². The molecule has 1 saturated heterocycles. The van der Waals surface area contributed by atoms with Crippen LogP contribution < -0.4 is 5.32 Å². The highest BCUT2D eigenvalue weighted by Crippen LogP contribution is 2.15. The van der Waals surface area contributed by atoms with E-state index in [0.29, 0.717) is 0 Å². The highest BCUT2D eigenvalue weighted by Gasteiger charge is 2.41. The predicted octanol–water partition coefficient (Wildman–Crippen LogP) is -1.84. The van der Waals surface area contributed by atoms with E-state index in [1.54, 1.807) is 0 Å². The third-order valence-corrected chi connectivity index (χ3v) is 2.05. The molecule has 0 radical (unpaired) electrons. The zero-order valence-electron chi connectivity index (χ0n) is 7.93. The first kappa shape index (κ1) is 11.1. The molecule has 1 aliphatic rings. The predicted molar refractivity (Wildman–Crippen MR) is 45.2 cm³/mol. The van der Waals surface area contributed by atoms with E-state index >= 15 is 0 Å². The van der Waals surface area contributed by atoms with Gasteiger partial charge in [0.2, 0.25) is 5.91 Å². The van der Waals surface area contributed by atoms with Crippen LogP contribution in [0.15, 0.2) is 0 Å². The van der Waals surface area contributed by atoms with E-state index in [1.165, 1.54) is 13.8 Å². The Bertz CT molecular complexity index is 254. The van der Waals surface area contributed by atoms with Crippen molar-refractivity contribution in [1.82, 2.24) is 5.32 Å². The average molecular weight is 203 g/mol. The van der Waals surface area contributed by atoms with Crippen molar-refractivity contribution in [3.63, 3.8) is 0 Å². The van der Waals surface area contributed by atoms with Crippen LogP contribution in [0.3, 0.4) is 0 Å². The summed E-state index contributed by atoms with van der Waals surface area (Å²) < 4.78 is 4.81. The molecule has 80 valence electrons. The van der Waals surface area contributed by atoms with Crippen molar-refractivity contribution < 1.29 is 24.5 Å². The number of aliphatic hydroxyl groups is 2. The van der Waals surface area contributed by atoms with Gasteiger partial charge in [-0.2, -0.15) is 0 Å². The lowest BCUT2D eigenvalue weighted by Crippen LogP contribution is -2.60. The van der Waals surface area contributed by atoms with Gasteiger partial charge in [0, 0.05) is 6.92 Å². The second kappa shape index (κ2) is 4.04. The van der Waals surface area contributed by atoms with Crippen LogP contribution in [-0.2, 0) is 14.3 Å². The molecule has 3 N–H and O–H groups in total.